The van der Waals surface area contributed by atoms with Crippen LogP contribution >= 0.6 is 7.60 Å². The van der Waals surface area contributed by atoms with E-state index in [-0.39, 0.29) is 49.7 Å². The number of nitrogens with one attached hydrogen (secondary N) is 2. The number of phenols is 1. The Morgan fingerprint density at radius 2 is 1.65 bits per heavy atom. The lowest BCUT2D eigenvalue weighted by Crippen LogP contribution is -2.48. The molecule has 3 unspecified atom stereocenters. The average Bonchev–Trinajstić information content (AvgIpc) is 3.08. The van der Waals surface area contributed by atoms with Crippen LogP contribution in [-0.2, 0) is 42.0 Å². The number of aromatic hydroxyl groups is 1. The van der Waals surface area contributed by atoms with Gasteiger partial charge in [0.2, 0.25) is 5.91 Å². The normalized spacial score (nSPS) is 13.8. The van der Waals surface area contributed by atoms with E-state index in [4.69, 9.17) is 14.0 Å². The van der Waals surface area contributed by atoms with Crippen LogP contribution in [0, 0.1) is 0 Å². The van der Waals surface area contributed by atoms with Gasteiger partial charge in [-0.3, -0.25) is 9.36 Å². The first-order chi connectivity index (χ1) is 23.3. The highest BCUT2D eigenvalue weighted by Gasteiger charge is 2.53. The zero-order valence-electron chi connectivity index (χ0n) is 27.4. The van der Waals surface area contributed by atoms with Crippen molar-refractivity contribution in [1.82, 2.24) is 10.6 Å². The Morgan fingerprint density at radius 3 is 2.31 bits per heavy atom. The van der Waals surface area contributed by atoms with Crippen molar-refractivity contribution in [2.75, 3.05) is 20.3 Å². The molecular weight excluding hydrogens is 665 g/mol. The third kappa shape index (κ3) is 11.3. The van der Waals surface area contributed by atoms with Crippen molar-refractivity contribution >= 4 is 25.6 Å². The van der Waals surface area contributed by atoms with Gasteiger partial charge < -0.3 is 39.4 Å². The van der Waals surface area contributed by atoms with Gasteiger partial charge in [-0.1, -0.05) is 67.6 Å². The largest absolute Gasteiger partial charge is 0.507 e. The molecule has 0 heterocycles. The molecule has 3 atom stereocenters. The molecule has 0 aliphatic rings. The van der Waals surface area contributed by atoms with Gasteiger partial charge in [0.15, 0.2) is 0 Å². The van der Waals surface area contributed by atoms with Gasteiger partial charge in [-0.05, 0) is 49.4 Å². The summed E-state index contributed by atoms with van der Waals surface area (Å²) in [4.78, 5) is 47.8. The highest BCUT2D eigenvalue weighted by molar-refractivity contribution is 7.53. The maximum absolute atomic E-state index is 14.9. The topological polar surface area (TPSA) is 170 Å². The molecule has 15 heteroatoms. The summed E-state index contributed by atoms with van der Waals surface area (Å²) in [5, 5.41) is 15.2. The number of phenolic OH excluding ortho intramolecular Hbond substituents is 1. The second-order valence-corrected chi connectivity index (χ2v) is 12.8. The molecule has 3 aromatic rings. The SMILES string of the molecule is CCC(C)OP(=O)(O)C(F)(F)c1ccc(CC(NC(=O)OCc2ccccc2)C(=O)NCCCCOc2cccc(O)c2C(=O)OC)cc1. The number of benzene rings is 3. The maximum Gasteiger partial charge on any atom is 0.408 e. The molecule has 4 N–H and O–H groups in total. The number of rotatable bonds is 18. The molecule has 0 saturated heterocycles. The number of methoxy groups -OCH3 is 1. The molecule has 0 spiro atoms. The number of alkyl halides is 2. The Bertz CT molecular complexity index is 1590. The zero-order chi connectivity index (χ0) is 36.0. The van der Waals surface area contributed by atoms with Crippen molar-refractivity contribution < 1.29 is 56.5 Å². The van der Waals surface area contributed by atoms with Crippen molar-refractivity contribution in [3.8, 4) is 11.5 Å². The number of carbonyl (C=O) groups excluding carboxylic acids is 3. The number of hydrogen-bond donors (Lipinski definition) is 4. The molecule has 3 rings (SSSR count). The molecule has 12 nitrogen and oxygen atoms in total. The van der Waals surface area contributed by atoms with Gasteiger partial charge in [0.05, 0.1) is 19.8 Å². The average molecular weight is 707 g/mol. The Balaban J connectivity index is 1.63. The van der Waals surface area contributed by atoms with Crippen molar-refractivity contribution in [2.24, 2.45) is 0 Å². The van der Waals surface area contributed by atoms with Crippen molar-refractivity contribution in [1.29, 1.82) is 0 Å². The molecule has 3 aromatic carbocycles. The van der Waals surface area contributed by atoms with Crippen LogP contribution in [0.15, 0.2) is 72.8 Å². The quantitative estimate of drug-likeness (QED) is 0.0695. The summed E-state index contributed by atoms with van der Waals surface area (Å²) in [6.45, 7) is 3.32. The summed E-state index contributed by atoms with van der Waals surface area (Å²) in [6, 6.07) is 16.5. The third-order valence-corrected chi connectivity index (χ3v) is 8.95. The minimum absolute atomic E-state index is 0.0540. The molecule has 0 aliphatic carbocycles. The summed E-state index contributed by atoms with van der Waals surface area (Å²) >= 11 is 0. The van der Waals surface area contributed by atoms with Crippen LogP contribution < -0.4 is 15.4 Å². The van der Waals surface area contributed by atoms with Gasteiger partial charge in [-0.15, -0.1) is 0 Å². The number of alkyl carbamates (subject to hydrolysis) is 1. The summed E-state index contributed by atoms with van der Waals surface area (Å²) in [7, 11) is -4.18. The minimum Gasteiger partial charge on any atom is -0.507 e. The first kappa shape index (κ1) is 38.9. The lowest BCUT2D eigenvalue weighted by atomic mass is 10.0. The summed E-state index contributed by atoms with van der Waals surface area (Å²) in [6.07, 6.45) is -0.718. The number of halogens is 2. The van der Waals surface area contributed by atoms with E-state index in [2.05, 4.69) is 15.4 Å². The molecule has 2 amide bonds. The summed E-state index contributed by atoms with van der Waals surface area (Å²) < 4.78 is 62.6. The molecular formula is C34H41F2N2O10P. The van der Waals surface area contributed by atoms with Crippen molar-refractivity contribution in [3.63, 3.8) is 0 Å². The second-order valence-electron chi connectivity index (χ2n) is 11.0. The molecule has 266 valence electrons. The third-order valence-electron chi connectivity index (χ3n) is 7.34. The fourth-order valence-corrected chi connectivity index (χ4v) is 5.68. The van der Waals surface area contributed by atoms with Crippen LogP contribution in [0.1, 0.15) is 60.2 Å². The van der Waals surface area contributed by atoms with Crippen LogP contribution in [0.4, 0.5) is 13.6 Å². The van der Waals surface area contributed by atoms with Gasteiger partial charge in [0.25, 0.3) is 0 Å². The van der Waals surface area contributed by atoms with Crippen LogP contribution in [0.5, 0.6) is 11.5 Å². The molecule has 0 aliphatic heterocycles. The van der Waals surface area contributed by atoms with Crippen LogP contribution in [-0.4, -0.2) is 60.4 Å². The molecule has 0 saturated carbocycles. The number of amides is 2. The van der Waals surface area contributed by atoms with E-state index in [1.165, 1.54) is 44.4 Å². The van der Waals surface area contributed by atoms with Crippen LogP contribution in [0.2, 0.25) is 0 Å². The number of esters is 1. The first-order valence-electron chi connectivity index (χ1n) is 15.6. The number of unbranched alkanes of at least 4 members (excludes halogenated alkanes) is 1. The molecule has 49 heavy (non-hydrogen) atoms. The van der Waals surface area contributed by atoms with E-state index in [9.17, 15) is 37.7 Å². The van der Waals surface area contributed by atoms with Gasteiger partial charge in [0, 0.05) is 18.5 Å². The Kier molecular flexibility index (Phi) is 14.5. The van der Waals surface area contributed by atoms with Gasteiger partial charge in [-0.25, -0.2) is 9.59 Å². The molecule has 0 radical (unpaired) electrons. The lowest BCUT2D eigenvalue weighted by Gasteiger charge is -2.25. The fraction of sp³-hybridized carbons (Fsp3) is 0.382. The van der Waals surface area contributed by atoms with Crippen LogP contribution in [0.25, 0.3) is 0 Å². The van der Waals surface area contributed by atoms with E-state index in [1.807, 2.05) is 0 Å². The molecule has 0 aromatic heterocycles. The summed E-state index contributed by atoms with van der Waals surface area (Å²) in [5.74, 6) is -1.48. The number of carbonyl (C=O) groups is 3. The second kappa shape index (κ2) is 18.3. The predicted molar refractivity (Wildman–Crippen MR) is 175 cm³/mol. The predicted octanol–water partition coefficient (Wildman–Crippen LogP) is 6.04. The van der Waals surface area contributed by atoms with E-state index < -0.39 is 48.9 Å². The van der Waals surface area contributed by atoms with Crippen molar-refractivity contribution in [2.45, 2.75) is 63.9 Å². The Labute approximate surface area is 283 Å². The standard InChI is InChI=1S/C34H41F2N2O10P/c1-4-23(2)48-49(43,44)34(35,36)26-17-15-24(16-18-26)21-27(38-33(42)47-22-25-11-6-5-7-12-25)31(40)37-19-8-9-20-46-29-14-10-13-28(39)30(29)32(41)45-3/h5-7,10-18,23,27,39H,4,8-9,19-22H2,1-3H3,(H,37,40)(H,38,42)(H,43,44). The van der Waals surface area contributed by atoms with Gasteiger partial charge in [-0.2, -0.15) is 8.78 Å². The highest BCUT2D eigenvalue weighted by Crippen LogP contribution is 2.63. The lowest BCUT2D eigenvalue weighted by molar-refractivity contribution is -0.123. The zero-order valence-corrected chi connectivity index (χ0v) is 28.3. The minimum atomic E-state index is -5.36. The van der Waals surface area contributed by atoms with Gasteiger partial charge >= 0.3 is 25.3 Å². The van der Waals surface area contributed by atoms with E-state index in [0.717, 1.165) is 17.7 Å². The smallest absolute Gasteiger partial charge is 0.408 e. The summed E-state index contributed by atoms with van der Waals surface area (Å²) in [5.41, 5.74) is -3.93. The van der Waals surface area contributed by atoms with Crippen molar-refractivity contribution in [3.05, 3.63) is 95.1 Å². The first-order valence-corrected chi connectivity index (χ1v) is 17.1. The van der Waals surface area contributed by atoms with Crippen LogP contribution in [0.3, 0.4) is 0 Å². The molecule has 0 fully saturated rings. The van der Waals surface area contributed by atoms with E-state index in [0.29, 0.717) is 18.4 Å². The Morgan fingerprint density at radius 1 is 0.959 bits per heavy atom. The number of hydrogen-bond acceptors (Lipinski definition) is 9. The van der Waals surface area contributed by atoms with E-state index in [1.54, 1.807) is 37.3 Å². The monoisotopic (exact) mass is 706 g/mol. The maximum atomic E-state index is 14.9. The Hall–Kier alpha value is -4.52. The highest BCUT2D eigenvalue weighted by atomic mass is 31.2. The number of ether oxygens (including phenoxy) is 3. The van der Waals surface area contributed by atoms with Gasteiger partial charge in [0.1, 0.15) is 29.7 Å². The molecule has 0 bridgehead atoms. The fourth-order valence-electron chi connectivity index (χ4n) is 4.43. The van der Waals surface area contributed by atoms with E-state index >= 15 is 0 Å².